The zero-order valence-electron chi connectivity index (χ0n) is 9.11. The van der Waals surface area contributed by atoms with Gasteiger partial charge in [0.15, 0.2) is 15.7 Å². The van der Waals surface area contributed by atoms with Crippen LogP contribution in [-0.4, -0.2) is 40.4 Å². The molecule has 1 aliphatic heterocycles. The van der Waals surface area contributed by atoms with Crippen LogP contribution in [0.3, 0.4) is 0 Å². The van der Waals surface area contributed by atoms with Gasteiger partial charge in [0.05, 0.1) is 11.5 Å². The smallest absolute Gasteiger partial charge is 0.284 e. The third-order valence-corrected chi connectivity index (χ3v) is 4.52. The fourth-order valence-corrected chi connectivity index (χ4v) is 3.58. The van der Waals surface area contributed by atoms with E-state index in [0.29, 0.717) is 12.2 Å². The molecule has 1 atom stereocenters. The number of hydrogen-bond acceptors (Lipinski definition) is 9. The highest BCUT2D eigenvalue weighted by molar-refractivity contribution is 7.91. The molecule has 9 nitrogen and oxygen atoms in total. The van der Waals surface area contributed by atoms with Crippen LogP contribution in [0.2, 0.25) is 0 Å². The third-order valence-electron chi connectivity index (χ3n) is 2.76. The first-order valence-electron chi connectivity index (χ1n) is 5.17. The van der Waals surface area contributed by atoms with Crippen molar-refractivity contribution in [3.63, 3.8) is 0 Å². The molecular weight excluding hydrogens is 262 g/mol. The highest BCUT2D eigenvalue weighted by atomic mass is 32.2. The number of sulfone groups is 1. The summed E-state index contributed by atoms with van der Waals surface area (Å²) < 4.78 is 32.1. The number of aromatic nitrogens is 4. The number of hydrogen-bond donors (Lipinski definition) is 1. The van der Waals surface area contributed by atoms with E-state index in [2.05, 4.69) is 25.1 Å². The van der Waals surface area contributed by atoms with E-state index in [4.69, 9.17) is 10.3 Å². The third kappa shape index (κ3) is 1.83. The topological polar surface area (TPSA) is 138 Å². The predicted molar refractivity (Wildman–Crippen MR) is 58.0 cm³/mol. The lowest BCUT2D eigenvalue weighted by atomic mass is 10.1. The van der Waals surface area contributed by atoms with Crippen molar-refractivity contribution in [2.45, 2.75) is 12.3 Å². The highest BCUT2D eigenvalue weighted by Crippen LogP contribution is 2.29. The van der Waals surface area contributed by atoms with Crippen LogP contribution in [0.15, 0.2) is 9.15 Å². The van der Waals surface area contributed by atoms with Crippen molar-refractivity contribution in [2.24, 2.45) is 0 Å². The summed E-state index contributed by atoms with van der Waals surface area (Å²) in [7, 11) is -2.99. The molecular formula is C8H9N5O4S. The second kappa shape index (κ2) is 3.77. The summed E-state index contributed by atoms with van der Waals surface area (Å²) in [6, 6.07) is 0. The van der Waals surface area contributed by atoms with E-state index in [1.54, 1.807) is 0 Å². The maximum Gasteiger partial charge on any atom is 0.284 e. The van der Waals surface area contributed by atoms with E-state index >= 15 is 0 Å². The second-order valence-electron chi connectivity index (χ2n) is 4.06. The summed E-state index contributed by atoms with van der Waals surface area (Å²) in [5, 5.41) is 10.7. The normalized spacial score (nSPS) is 22.3. The number of nitrogens with zero attached hydrogens (tertiary/aromatic N) is 4. The summed E-state index contributed by atoms with van der Waals surface area (Å²) >= 11 is 0. The molecule has 1 aliphatic rings. The van der Waals surface area contributed by atoms with Gasteiger partial charge in [-0.1, -0.05) is 5.16 Å². The van der Waals surface area contributed by atoms with Crippen LogP contribution in [0.25, 0.3) is 11.6 Å². The van der Waals surface area contributed by atoms with E-state index in [0.717, 1.165) is 0 Å². The Balaban J connectivity index is 1.89. The average molecular weight is 271 g/mol. The Hall–Kier alpha value is -1.97. The molecule has 2 N–H and O–H groups in total. The van der Waals surface area contributed by atoms with Crippen molar-refractivity contribution in [3.8, 4) is 11.6 Å². The van der Waals surface area contributed by atoms with Crippen LogP contribution in [0, 0.1) is 0 Å². The number of nitrogen functional groups attached to an aromatic ring is 1. The van der Waals surface area contributed by atoms with E-state index < -0.39 is 9.84 Å². The fraction of sp³-hybridized carbons (Fsp3) is 0.500. The summed E-state index contributed by atoms with van der Waals surface area (Å²) in [5.41, 5.74) is 5.65. The van der Waals surface area contributed by atoms with Crippen LogP contribution in [-0.2, 0) is 9.84 Å². The molecule has 1 saturated heterocycles. The second-order valence-corrected chi connectivity index (χ2v) is 6.28. The molecule has 1 unspecified atom stereocenters. The molecule has 0 spiro atoms. The van der Waals surface area contributed by atoms with Gasteiger partial charge in [-0.25, -0.2) is 13.0 Å². The molecule has 2 aromatic heterocycles. The van der Waals surface area contributed by atoms with Crippen LogP contribution in [0.4, 0.5) is 5.82 Å². The van der Waals surface area contributed by atoms with Crippen molar-refractivity contribution in [1.29, 1.82) is 0 Å². The van der Waals surface area contributed by atoms with Gasteiger partial charge < -0.3 is 10.3 Å². The minimum absolute atomic E-state index is 0.0402. The standard InChI is InChI=1S/C8H9N5O4S/c9-6-5(11-17-12-6)8-10-7(13-16-8)4-1-2-18(14,15)3-4/h4H,1-3H2,(H2,9,12). The van der Waals surface area contributed by atoms with Gasteiger partial charge >= 0.3 is 0 Å². The van der Waals surface area contributed by atoms with E-state index in [1.165, 1.54) is 0 Å². The van der Waals surface area contributed by atoms with Gasteiger partial charge in [0.1, 0.15) is 0 Å². The van der Waals surface area contributed by atoms with Gasteiger partial charge in [-0.3, -0.25) is 0 Å². The molecule has 1 fully saturated rings. The van der Waals surface area contributed by atoms with Crippen LogP contribution in [0.1, 0.15) is 18.2 Å². The SMILES string of the molecule is Nc1nonc1-c1nc(C2CCS(=O)(=O)C2)no1. The Morgan fingerprint density at radius 3 is 2.72 bits per heavy atom. The quantitative estimate of drug-likeness (QED) is 0.772. The Bertz CT molecular complexity index is 675. The first kappa shape index (κ1) is 11.1. The number of rotatable bonds is 2. The lowest BCUT2D eigenvalue weighted by Gasteiger charge is -1.97. The molecule has 96 valence electrons. The molecule has 18 heavy (non-hydrogen) atoms. The molecule has 0 amide bonds. The molecule has 0 aliphatic carbocycles. The van der Waals surface area contributed by atoms with Gasteiger partial charge in [-0.05, 0) is 16.7 Å². The molecule has 0 bridgehead atoms. The Morgan fingerprint density at radius 1 is 1.28 bits per heavy atom. The molecule has 10 heteroatoms. The maximum absolute atomic E-state index is 11.4. The highest BCUT2D eigenvalue weighted by Gasteiger charge is 2.32. The summed E-state index contributed by atoms with van der Waals surface area (Å²) in [4.78, 5) is 4.08. The molecule has 0 aromatic carbocycles. The van der Waals surface area contributed by atoms with Crippen molar-refractivity contribution in [1.82, 2.24) is 20.5 Å². The minimum atomic E-state index is -2.99. The minimum Gasteiger partial charge on any atom is -0.379 e. The van der Waals surface area contributed by atoms with Gasteiger partial charge in [0, 0.05) is 5.92 Å². The summed E-state index contributed by atoms with van der Waals surface area (Å²) in [5.74, 6) is 0.410. The van der Waals surface area contributed by atoms with Crippen molar-refractivity contribution in [2.75, 3.05) is 17.2 Å². The Kier molecular flexibility index (Phi) is 2.33. The van der Waals surface area contributed by atoms with Gasteiger partial charge in [0.25, 0.3) is 5.89 Å². The molecule has 3 rings (SSSR count). The van der Waals surface area contributed by atoms with E-state index in [9.17, 15) is 8.42 Å². The molecule has 0 saturated carbocycles. The van der Waals surface area contributed by atoms with Gasteiger partial charge in [-0.2, -0.15) is 4.98 Å². The zero-order valence-corrected chi connectivity index (χ0v) is 9.92. The Labute approximate surface area is 101 Å². The number of nitrogens with two attached hydrogens (primary N) is 1. The van der Waals surface area contributed by atoms with Crippen molar-refractivity contribution >= 4 is 15.7 Å². The van der Waals surface area contributed by atoms with Gasteiger partial charge in [0.2, 0.25) is 11.5 Å². The first-order valence-corrected chi connectivity index (χ1v) is 7.00. The Morgan fingerprint density at radius 2 is 2.11 bits per heavy atom. The van der Waals surface area contributed by atoms with Crippen molar-refractivity contribution in [3.05, 3.63) is 5.82 Å². The lowest BCUT2D eigenvalue weighted by Crippen LogP contribution is -2.05. The summed E-state index contributed by atoms with van der Waals surface area (Å²) in [6.45, 7) is 0. The van der Waals surface area contributed by atoms with Gasteiger partial charge in [-0.15, -0.1) is 0 Å². The zero-order chi connectivity index (χ0) is 12.8. The molecule has 2 aromatic rings. The van der Waals surface area contributed by atoms with Crippen LogP contribution in [0.5, 0.6) is 0 Å². The molecule has 3 heterocycles. The lowest BCUT2D eigenvalue weighted by molar-refractivity contribution is 0.308. The van der Waals surface area contributed by atoms with E-state index in [1.807, 2.05) is 0 Å². The van der Waals surface area contributed by atoms with Crippen LogP contribution < -0.4 is 5.73 Å². The largest absolute Gasteiger partial charge is 0.379 e. The van der Waals surface area contributed by atoms with E-state index in [-0.39, 0.29) is 34.8 Å². The fourth-order valence-electron chi connectivity index (χ4n) is 1.84. The first-order chi connectivity index (χ1) is 8.55. The van der Waals surface area contributed by atoms with Crippen molar-refractivity contribution < 1.29 is 17.6 Å². The predicted octanol–water partition coefficient (Wildman–Crippen LogP) is -0.396. The average Bonchev–Trinajstić information content (AvgIpc) is 2.97. The monoisotopic (exact) mass is 271 g/mol. The number of anilines is 1. The molecule has 0 radical (unpaired) electrons. The maximum atomic E-state index is 11.4. The van der Waals surface area contributed by atoms with Crippen LogP contribution >= 0.6 is 0 Å². The summed E-state index contributed by atoms with van der Waals surface area (Å²) in [6.07, 6.45) is 0.494.